The molecule has 0 spiro atoms. The average molecular weight is 222 g/mol. The van der Waals surface area contributed by atoms with E-state index in [-0.39, 0.29) is 29.5 Å². The molecule has 4 heteroatoms. The molecule has 0 bridgehead atoms. The number of pyridine rings is 1. The van der Waals surface area contributed by atoms with Gasteiger partial charge >= 0.3 is 0 Å². The van der Waals surface area contributed by atoms with Gasteiger partial charge < -0.3 is 0 Å². The monoisotopic (exact) mass is 221 g/mol. The van der Waals surface area contributed by atoms with Crippen molar-refractivity contribution in [1.29, 1.82) is 0 Å². The summed E-state index contributed by atoms with van der Waals surface area (Å²) in [5.41, 5.74) is 1.06. The van der Waals surface area contributed by atoms with E-state index in [1.807, 2.05) is 30.5 Å². The van der Waals surface area contributed by atoms with Gasteiger partial charge in [-0.3, -0.25) is 9.69 Å². The van der Waals surface area contributed by atoms with Crippen LogP contribution in [0.3, 0.4) is 0 Å². The highest BCUT2D eigenvalue weighted by Gasteiger charge is 1.86. The Hall–Kier alpha value is -0.860. The van der Waals surface area contributed by atoms with E-state index in [2.05, 4.69) is 17.1 Å². The highest BCUT2D eigenvalue weighted by Crippen LogP contribution is 2.07. The molecule has 2 rings (SSSR count). The summed E-state index contributed by atoms with van der Waals surface area (Å²) >= 11 is 0. The van der Waals surface area contributed by atoms with E-state index in [1.165, 1.54) is 5.39 Å². The van der Waals surface area contributed by atoms with Crippen molar-refractivity contribution in [3.8, 4) is 0 Å². The van der Waals surface area contributed by atoms with Crippen molar-refractivity contribution in [3.63, 3.8) is 0 Å². The van der Waals surface area contributed by atoms with E-state index in [1.54, 1.807) is 0 Å². The van der Waals surface area contributed by atoms with Crippen LogP contribution >= 0.6 is 24.8 Å². The maximum atomic E-state index is 4.18. The first-order valence-electron chi connectivity index (χ1n) is 3.26. The zero-order valence-corrected chi connectivity index (χ0v) is 8.35. The Morgan fingerprint density at radius 2 is 1.46 bits per heavy atom. The predicted octanol–water partition coefficient (Wildman–Crippen LogP) is 3.23. The summed E-state index contributed by atoms with van der Waals surface area (Å²) in [7, 11) is 0. The third-order valence-electron chi connectivity index (χ3n) is 1.51. The standard InChI is InChI=1S/C9H7N.2ClH.FH/c1-2-6-9-8(4-1)5-3-7-10-9;;;/h1-7H;3*1H. The van der Waals surface area contributed by atoms with E-state index < -0.39 is 0 Å². The fraction of sp³-hybridized carbons (Fsp3) is 0. The highest BCUT2D eigenvalue weighted by molar-refractivity contribution is 5.85. The minimum absolute atomic E-state index is 0. The Kier molecular flexibility index (Phi) is 7.48. The predicted molar refractivity (Wildman–Crippen MR) is 58.7 cm³/mol. The minimum atomic E-state index is 0. The molecular weight excluding hydrogens is 212 g/mol. The number of aromatic nitrogens is 1. The van der Waals surface area contributed by atoms with Gasteiger partial charge in [0.1, 0.15) is 0 Å². The van der Waals surface area contributed by atoms with Gasteiger partial charge in [0.05, 0.1) is 5.52 Å². The Labute approximate surface area is 88.4 Å². The molecule has 1 nitrogen and oxygen atoms in total. The van der Waals surface area contributed by atoms with Crippen molar-refractivity contribution in [3.05, 3.63) is 42.6 Å². The highest BCUT2D eigenvalue weighted by atomic mass is 35.5. The summed E-state index contributed by atoms with van der Waals surface area (Å²) < 4.78 is 0. The van der Waals surface area contributed by atoms with Crippen LogP contribution in [0.15, 0.2) is 42.6 Å². The van der Waals surface area contributed by atoms with Crippen molar-refractivity contribution >= 4 is 35.7 Å². The fourth-order valence-electron chi connectivity index (χ4n) is 1.02. The smallest absolute Gasteiger partial charge is 0.0701 e. The zero-order chi connectivity index (χ0) is 6.81. The van der Waals surface area contributed by atoms with Crippen LogP contribution in [0.5, 0.6) is 0 Å². The van der Waals surface area contributed by atoms with Gasteiger partial charge in [-0.1, -0.05) is 24.3 Å². The summed E-state index contributed by atoms with van der Waals surface area (Å²) in [5, 5.41) is 1.20. The molecule has 13 heavy (non-hydrogen) atoms. The topological polar surface area (TPSA) is 12.9 Å². The number of rotatable bonds is 0. The molecule has 1 aromatic carbocycles. The lowest BCUT2D eigenvalue weighted by Crippen LogP contribution is -1.73. The van der Waals surface area contributed by atoms with E-state index in [0.29, 0.717) is 0 Å². The SMILES string of the molecule is Cl.Cl.F.c1ccc2ncccc2c1. The minimum Gasteiger partial charge on any atom is -0.269 e. The number of benzene rings is 1. The Bertz CT molecular complexity index is 289. The number of fused-ring (bicyclic) bond motifs is 1. The number of hydrogen-bond acceptors (Lipinski definition) is 1. The molecule has 0 atom stereocenters. The van der Waals surface area contributed by atoms with Gasteiger partial charge in [-0.05, 0) is 12.1 Å². The molecule has 1 aromatic heterocycles. The molecule has 0 saturated heterocycles. The summed E-state index contributed by atoms with van der Waals surface area (Å²) in [4.78, 5) is 4.18. The van der Waals surface area contributed by atoms with Gasteiger partial charge in [-0.2, -0.15) is 0 Å². The van der Waals surface area contributed by atoms with Crippen LogP contribution in [0, 0.1) is 0 Å². The van der Waals surface area contributed by atoms with E-state index in [4.69, 9.17) is 0 Å². The lowest BCUT2D eigenvalue weighted by molar-refractivity contribution is 1.11. The maximum Gasteiger partial charge on any atom is 0.0701 e. The van der Waals surface area contributed by atoms with Crippen LogP contribution in [0.4, 0.5) is 4.70 Å². The number of para-hydroxylation sites is 1. The third kappa shape index (κ3) is 3.17. The summed E-state index contributed by atoms with van der Waals surface area (Å²) in [5.74, 6) is 0. The molecule has 0 unspecified atom stereocenters. The normalized spacial score (nSPS) is 7.69. The second-order valence-electron chi connectivity index (χ2n) is 2.20. The molecule has 0 fully saturated rings. The Morgan fingerprint density at radius 1 is 0.846 bits per heavy atom. The first-order chi connectivity index (χ1) is 4.97. The van der Waals surface area contributed by atoms with Crippen molar-refractivity contribution in [2.75, 3.05) is 0 Å². The first-order valence-corrected chi connectivity index (χ1v) is 3.26. The molecule has 0 aliphatic heterocycles. The second-order valence-corrected chi connectivity index (χ2v) is 2.20. The molecule has 72 valence electrons. The molecule has 0 aliphatic carbocycles. The number of nitrogens with zero attached hydrogens (tertiary/aromatic N) is 1. The van der Waals surface area contributed by atoms with Crippen LogP contribution in [0.25, 0.3) is 10.9 Å². The van der Waals surface area contributed by atoms with Crippen molar-refractivity contribution in [1.82, 2.24) is 4.98 Å². The van der Waals surface area contributed by atoms with Gasteiger partial charge in [-0.15, -0.1) is 24.8 Å². The molecule has 0 amide bonds. The summed E-state index contributed by atoms with van der Waals surface area (Å²) in [6.07, 6.45) is 1.81. The molecule has 0 aliphatic rings. The van der Waals surface area contributed by atoms with E-state index in [9.17, 15) is 0 Å². The van der Waals surface area contributed by atoms with E-state index >= 15 is 0 Å². The lowest BCUT2D eigenvalue weighted by Gasteiger charge is -1.91. The van der Waals surface area contributed by atoms with Gasteiger partial charge in [0.25, 0.3) is 0 Å². The van der Waals surface area contributed by atoms with Crippen molar-refractivity contribution in [2.24, 2.45) is 0 Å². The van der Waals surface area contributed by atoms with Gasteiger partial charge in [0.15, 0.2) is 0 Å². The molecule has 0 saturated carbocycles. The van der Waals surface area contributed by atoms with Crippen LogP contribution < -0.4 is 0 Å². The van der Waals surface area contributed by atoms with Crippen LogP contribution in [-0.2, 0) is 0 Å². The number of hydrogen-bond donors (Lipinski definition) is 0. The van der Waals surface area contributed by atoms with Crippen LogP contribution in [0.1, 0.15) is 0 Å². The van der Waals surface area contributed by atoms with Gasteiger partial charge in [0, 0.05) is 11.6 Å². The molecule has 2 aromatic rings. The average Bonchev–Trinajstić information content (AvgIpc) is 2.05. The molecule has 0 N–H and O–H groups in total. The second kappa shape index (κ2) is 6.63. The van der Waals surface area contributed by atoms with E-state index in [0.717, 1.165) is 5.52 Å². The summed E-state index contributed by atoms with van der Waals surface area (Å²) in [6.45, 7) is 0. The lowest BCUT2D eigenvalue weighted by atomic mass is 10.2. The van der Waals surface area contributed by atoms with Gasteiger partial charge in [-0.25, -0.2) is 0 Å². The van der Waals surface area contributed by atoms with Crippen molar-refractivity contribution in [2.45, 2.75) is 0 Å². The molecular formula is C9H10Cl2FN. The maximum absolute atomic E-state index is 4.18. The third-order valence-corrected chi connectivity index (χ3v) is 1.51. The van der Waals surface area contributed by atoms with Crippen molar-refractivity contribution < 1.29 is 4.70 Å². The molecule has 1 heterocycles. The molecule has 0 radical (unpaired) electrons. The quantitative estimate of drug-likeness (QED) is 0.666. The summed E-state index contributed by atoms with van der Waals surface area (Å²) in [6, 6.07) is 12.1. The Balaban J connectivity index is 0. The van der Waals surface area contributed by atoms with Gasteiger partial charge in [0.2, 0.25) is 0 Å². The Morgan fingerprint density at radius 3 is 2.15 bits per heavy atom. The zero-order valence-electron chi connectivity index (χ0n) is 6.71. The largest absolute Gasteiger partial charge is 0.269 e. The first kappa shape index (κ1) is 14.7. The fourth-order valence-corrected chi connectivity index (χ4v) is 1.02. The van der Waals surface area contributed by atoms with Crippen LogP contribution in [-0.4, -0.2) is 4.98 Å². The number of halogens is 3. The van der Waals surface area contributed by atoms with Crippen LogP contribution in [0.2, 0.25) is 0 Å².